The van der Waals surface area contributed by atoms with Gasteiger partial charge in [-0.05, 0) is 32.1 Å². The van der Waals surface area contributed by atoms with Gasteiger partial charge in [0.1, 0.15) is 5.54 Å². The van der Waals surface area contributed by atoms with E-state index < -0.39 is 5.54 Å². The van der Waals surface area contributed by atoms with Crippen molar-refractivity contribution in [1.82, 2.24) is 20.0 Å². The number of nitriles is 1. The van der Waals surface area contributed by atoms with E-state index in [0.29, 0.717) is 13.1 Å². The van der Waals surface area contributed by atoms with E-state index in [9.17, 15) is 14.9 Å². The largest absolute Gasteiger partial charge is 0.342 e. The van der Waals surface area contributed by atoms with Crippen LogP contribution in [-0.2, 0) is 9.59 Å². The van der Waals surface area contributed by atoms with Gasteiger partial charge in [-0.15, -0.1) is 0 Å². The van der Waals surface area contributed by atoms with Crippen molar-refractivity contribution in [1.29, 1.82) is 5.26 Å². The zero-order valence-electron chi connectivity index (χ0n) is 17.1. The summed E-state index contributed by atoms with van der Waals surface area (Å²) in [5, 5.41) is 12.7. The van der Waals surface area contributed by atoms with Crippen LogP contribution in [0, 0.1) is 11.3 Å². The molecule has 0 aromatic carbocycles. The molecule has 0 radical (unpaired) electrons. The van der Waals surface area contributed by atoms with Gasteiger partial charge in [0.05, 0.1) is 19.2 Å². The Bertz CT molecular complexity index is 566. The molecule has 3 rings (SSSR count). The Labute approximate surface area is 169 Å². The van der Waals surface area contributed by atoms with Crippen molar-refractivity contribution in [2.45, 2.75) is 63.3 Å². The van der Waals surface area contributed by atoms with E-state index >= 15 is 0 Å². The third kappa shape index (κ3) is 5.92. The Kier molecular flexibility index (Phi) is 7.69. The molecular formula is C21H35N5O2. The number of amides is 2. The van der Waals surface area contributed by atoms with Gasteiger partial charge in [-0.2, -0.15) is 5.26 Å². The fraction of sp³-hybridized carbons (Fsp3) is 0.857. The zero-order chi connectivity index (χ0) is 19.8. The topological polar surface area (TPSA) is 79.7 Å². The Hall–Kier alpha value is -1.65. The normalized spacial score (nSPS) is 24.2. The first kappa shape index (κ1) is 21.1. The minimum atomic E-state index is -0.670. The first-order valence-electron chi connectivity index (χ1n) is 11.0. The van der Waals surface area contributed by atoms with Gasteiger partial charge >= 0.3 is 0 Å². The summed E-state index contributed by atoms with van der Waals surface area (Å²) in [6.45, 7) is 5.86. The molecule has 156 valence electrons. The van der Waals surface area contributed by atoms with Crippen molar-refractivity contribution in [3.63, 3.8) is 0 Å². The lowest BCUT2D eigenvalue weighted by atomic mass is 9.92. The Balaban J connectivity index is 1.39. The van der Waals surface area contributed by atoms with Gasteiger partial charge in [0.25, 0.3) is 0 Å². The van der Waals surface area contributed by atoms with Crippen molar-refractivity contribution in [3.05, 3.63) is 0 Å². The molecule has 2 saturated heterocycles. The van der Waals surface area contributed by atoms with E-state index in [1.165, 1.54) is 6.42 Å². The lowest BCUT2D eigenvalue weighted by Crippen LogP contribution is -2.54. The lowest BCUT2D eigenvalue weighted by molar-refractivity contribution is -0.134. The molecule has 2 amide bonds. The van der Waals surface area contributed by atoms with E-state index in [0.717, 1.165) is 90.6 Å². The molecule has 0 unspecified atom stereocenters. The van der Waals surface area contributed by atoms with E-state index in [1.54, 1.807) is 0 Å². The molecule has 2 heterocycles. The number of likely N-dealkylation sites (tertiary alicyclic amines) is 1. The van der Waals surface area contributed by atoms with Gasteiger partial charge in [-0.1, -0.05) is 25.7 Å². The summed E-state index contributed by atoms with van der Waals surface area (Å²) in [4.78, 5) is 31.3. The molecule has 1 N–H and O–H groups in total. The monoisotopic (exact) mass is 389 g/mol. The van der Waals surface area contributed by atoms with Gasteiger partial charge in [0, 0.05) is 39.3 Å². The second-order valence-electron chi connectivity index (χ2n) is 8.65. The van der Waals surface area contributed by atoms with Crippen molar-refractivity contribution in [2.24, 2.45) is 0 Å². The highest BCUT2D eigenvalue weighted by atomic mass is 16.2. The quantitative estimate of drug-likeness (QED) is 0.718. The zero-order valence-corrected chi connectivity index (χ0v) is 17.1. The lowest BCUT2D eigenvalue weighted by Gasteiger charge is -2.36. The first-order chi connectivity index (χ1) is 13.6. The van der Waals surface area contributed by atoms with Gasteiger partial charge in [0.2, 0.25) is 11.8 Å². The average molecular weight is 390 g/mol. The van der Waals surface area contributed by atoms with Gasteiger partial charge in [-0.3, -0.25) is 19.4 Å². The maximum absolute atomic E-state index is 12.5. The van der Waals surface area contributed by atoms with Crippen molar-refractivity contribution in [3.8, 4) is 6.07 Å². The second kappa shape index (κ2) is 10.2. The van der Waals surface area contributed by atoms with Gasteiger partial charge in [-0.25, -0.2) is 0 Å². The smallest absolute Gasteiger partial charge is 0.236 e. The third-order valence-corrected chi connectivity index (χ3v) is 6.45. The number of piperazine rings is 1. The summed E-state index contributed by atoms with van der Waals surface area (Å²) in [5.74, 6) is 0.205. The number of piperidine rings is 1. The number of rotatable bonds is 5. The molecule has 28 heavy (non-hydrogen) atoms. The highest BCUT2D eigenvalue weighted by Gasteiger charge is 2.33. The summed E-state index contributed by atoms with van der Waals surface area (Å²) >= 11 is 0. The molecule has 0 bridgehead atoms. The van der Waals surface area contributed by atoms with E-state index in [2.05, 4.69) is 21.2 Å². The number of nitrogens with one attached hydrogen (secondary N) is 1. The predicted octanol–water partition coefficient (Wildman–Crippen LogP) is 1.35. The van der Waals surface area contributed by atoms with Crippen LogP contribution in [0.1, 0.15) is 57.8 Å². The highest BCUT2D eigenvalue weighted by Crippen LogP contribution is 2.26. The maximum Gasteiger partial charge on any atom is 0.236 e. The number of nitrogens with zero attached hydrogens (tertiary/aromatic N) is 4. The second-order valence-corrected chi connectivity index (χ2v) is 8.65. The van der Waals surface area contributed by atoms with Crippen molar-refractivity contribution in [2.75, 3.05) is 52.4 Å². The molecule has 0 aromatic rings. The van der Waals surface area contributed by atoms with Crippen molar-refractivity contribution >= 4 is 11.8 Å². The van der Waals surface area contributed by atoms with Crippen LogP contribution in [0.25, 0.3) is 0 Å². The average Bonchev–Trinajstić information content (AvgIpc) is 2.96. The van der Waals surface area contributed by atoms with Crippen molar-refractivity contribution < 1.29 is 9.59 Å². The van der Waals surface area contributed by atoms with Gasteiger partial charge < -0.3 is 10.2 Å². The molecule has 3 fully saturated rings. The summed E-state index contributed by atoms with van der Waals surface area (Å²) in [5.41, 5.74) is -0.670. The molecule has 7 nitrogen and oxygen atoms in total. The Morgan fingerprint density at radius 3 is 1.89 bits per heavy atom. The standard InChI is InChI=1S/C21H35N5O2/c22-18-21(8-4-1-2-5-9-21)23-19(27)16-24-12-14-25(15-13-24)17-20(28)26-10-6-3-7-11-26/h1-17H2,(H,23,27). The highest BCUT2D eigenvalue weighted by molar-refractivity contribution is 5.79. The Morgan fingerprint density at radius 2 is 1.32 bits per heavy atom. The van der Waals surface area contributed by atoms with Crippen LogP contribution < -0.4 is 5.32 Å². The van der Waals surface area contributed by atoms with E-state index in [-0.39, 0.29) is 11.8 Å². The SMILES string of the molecule is N#CC1(NC(=O)CN2CCN(CC(=O)N3CCCCC3)CC2)CCCCCC1. The third-order valence-electron chi connectivity index (χ3n) is 6.45. The molecule has 0 aromatic heterocycles. The number of hydrogen-bond donors (Lipinski definition) is 1. The van der Waals surface area contributed by atoms with Crippen LogP contribution in [0.3, 0.4) is 0 Å². The van der Waals surface area contributed by atoms with Crippen LogP contribution in [0.4, 0.5) is 0 Å². The summed E-state index contributed by atoms with van der Waals surface area (Å²) in [6.07, 6.45) is 9.34. The summed E-state index contributed by atoms with van der Waals surface area (Å²) < 4.78 is 0. The van der Waals surface area contributed by atoms with Gasteiger partial charge in [0.15, 0.2) is 0 Å². The van der Waals surface area contributed by atoms with Crippen LogP contribution >= 0.6 is 0 Å². The molecule has 2 aliphatic heterocycles. The maximum atomic E-state index is 12.5. The fourth-order valence-corrected chi connectivity index (χ4v) is 4.65. The molecule has 0 spiro atoms. The molecule has 0 atom stereocenters. The molecule has 1 saturated carbocycles. The van der Waals surface area contributed by atoms with Crippen LogP contribution in [0.15, 0.2) is 0 Å². The van der Waals surface area contributed by atoms with Crippen LogP contribution in [0.5, 0.6) is 0 Å². The summed E-state index contributed by atoms with van der Waals surface area (Å²) in [6, 6.07) is 2.38. The van der Waals surface area contributed by atoms with E-state index in [4.69, 9.17) is 0 Å². The summed E-state index contributed by atoms with van der Waals surface area (Å²) in [7, 11) is 0. The predicted molar refractivity (Wildman–Crippen MR) is 107 cm³/mol. The minimum Gasteiger partial charge on any atom is -0.342 e. The number of carbonyl (C=O) groups is 2. The van der Waals surface area contributed by atoms with Crippen LogP contribution in [-0.4, -0.2) is 84.4 Å². The van der Waals surface area contributed by atoms with E-state index in [1.807, 2.05) is 4.90 Å². The molecule has 7 heteroatoms. The Morgan fingerprint density at radius 1 is 0.786 bits per heavy atom. The first-order valence-corrected chi connectivity index (χ1v) is 11.0. The van der Waals surface area contributed by atoms with Crippen LogP contribution in [0.2, 0.25) is 0 Å². The minimum absolute atomic E-state index is 0.0405. The number of hydrogen-bond acceptors (Lipinski definition) is 5. The fourth-order valence-electron chi connectivity index (χ4n) is 4.65. The molecule has 3 aliphatic rings. The number of carbonyl (C=O) groups excluding carboxylic acids is 2. The molecule has 1 aliphatic carbocycles. The molecular weight excluding hydrogens is 354 g/mol.